The van der Waals surface area contributed by atoms with Crippen molar-refractivity contribution in [3.05, 3.63) is 23.5 Å². The zero-order chi connectivity index (χ0) is 19.7. The maximum absolute atomic E-state index is 12.0. The number of methoxy groups -OCH3 is 2. The Morgan fingerprint density at radius 1 is 1.15 bits per heavy atom. The van der Waals surface area contributed by atoms with E-state index in [1.54, 1.807) is 0 Å². The highest BCUT2D eigenvalue weighted by atomic mass is 16.7. The van der Waals surface area contributed by atoms with Crippen molar-refractivity contribution in [2.75, 3.05) is 14.2 Å². The molecule has 0 N–H and O–H groups in total. The van der Waals surface area contributed by atoms with Gasteiger partial charge in [-0.2, -0.15) is 5.26 Å². The number of rotatable bonds is 4. The van der Waals surface area contributed by atoms with E-state index in [2.05, 4.69) is 14.5 Å². The molecule has 0 saturated carbocycles. The SMILES string of the molecule is COC(=O)C(C(=O)OC)c1ncc(B2OC(C)(C)C(C)(C)O2)cc1C#N. The van der Waals surface area contributed by atoms with E-state index in [4.69, 9.17) is 9.31 Å². The van der Waals surface area contributed by atoms with Crippen LogP contribution in [0.2, 0.25) is 0 Å². The minimum absolute atomic E-state index is 0.0357. The van der Waals surface area contributed by atoms with Crippen LogP contribution >= 0.6 is 0 Å². The van der Waals surface area contributed by atoms with E-state index in [1.165, 1.54) is 12.3 Å². The van der Waals surface area contributed by atoms with Crippen LogP contribution in [-0.4, -0.2) is 49.5 Å². The summed E-state index contributed by atoms with van der Waals surface area (Å²) in [7, 11) is 1.56. The minimum atomic E-state index is -1.44. The molecule has 0 atom stereocenters. The summed E-state index contributed by atoms with van der Waals surface area (Å²) in [5.41, 5.74) is -0.588. The molecule has 1 aliphatic rings. The second kappa shape index (κ2) is 7.06. The van der Waals surface area contributed by atoms with E-state index in [0.29, 0.717) is 5.46 Å². The van der Waals surface area contributed by atoms with Gasteiger partial charge in [0.2, 0.25) is 0 Å². The summed E-state index contributed by atoms with van der Waals surface area (Å²) in [4.78, 5) is 28.1. The molecule has 0 bridgehead atoms. The maximum Gasteiger partial charge on any atom is 0.496 e. The van der Waals surface area contributed by atoms with Gasteiger partial charge in [-0.25, -0.2) is 0 Å². The Hall–Kier alpha value is -2.44. The van der Waals surface area contributed by atoms with Crippen LogP contribution in [0.25, 0.3) is 0 Å². The van der Waals surface area contributed by atoms with Crippen molar-refractivity contribution >= 4 is 24.5 Å². The number of carbonyl (C=O) groups excluding carboxylic acids is 2. The van der Waals surface area contributed by atoms with E-state index in [9.17, 15) is 14.9 Å². The number of hydrogen-bond acceptors (Lipinski definition) is 8. The van der Waals surface area contributed by atoms with Crippen molar-refractivity contribution in [2.45, 2.75) is 44.8 Å². The molecule has 1 aliphatic heterocycles. The van der Waals surface area contributed by atoms with Gasteiger partial charge in [0.05, 0.1) is 36.7 Å². The molecule has 0 aliphatic carbocycles. The predicted molar refractivity (Wildman–Crippen MR) is 91.4 cm³/mol. The number of aromatic nitrogens is 1. The molecular weight excluding hydrogens is 339 g/mol. The van der Waals surface area contributed by atoms with Gasteiger partial charge in [-0.05, 0) is 33.8 Å². The zero-order valence-corrected chi connectivity index (χ0v) is 15.7. The average molecular weight is 360 g/mol. The molecule has 0 unspecified atom stereocenters. The summed E-state index contributed by atoms with van der Waals surface area (Å²) in [5, 5.41) is 9.47. The number of nitrogens with zero attached hydrogens (tertiary/aromatic N) is 2. The van der Waals surface area contributed by atoms with E-state index in [-0.39, 0.29) is 11.3 Å². The monoisotopic (exact) mass is 360 g/mol. The zero-order valence-electron chi connectivity index (χ0n) is 15.7. The van der Waals surface area contributed by atoms with E-state index in [1.807, 2.05) is 33.8 Å². The van der Waals surface area contributed by atoms with Crippen LogP contribution in [0, 0.1) is 11.3 Å². The highest BCUT2D eigenvalue weighted by molar-refractivity contribution is 6.62. The Kier molecular flexibility index (Phi) is 5.40. The van der Waals surface area contributed by atoms with Gasteiger partial charge in [0.1, 0.15) is 6.07 Å². The van der Waals surface area contributed by atoms with Gasteiger partial charge in [-0.15, -0.1) is 0 Å². The van der Waals surface area contributed by atoms with Crippen molar-refractivity contribution in [2.24, 2.45) is 0 Å². The first-order valence-electron chi connectivity index (χ1n) is 7.99. The van der Waals surface area contributed by atoms with Crippen LogP contribution in [0.1, 0.15) is 44.9 Å². The van der Waals surface area contributed by atoms with Crippen LogP contribution in [0.5, 0.6) is 0 Å². The number of carbonyl (C=O) groups is 2. The van der Waals surface area contributed by atoms with Gasteiger partial charge in [0.25, 0.3) is 0 Å². The molecule has 0 spiro atoms. The van der Waals surface area contributed by atoms with Gasteiger partial charge >= 0.3 is 19.1 Å². The third-order valence-corrected chi connectivity index (χ3v) is 4.73. The van der Waals surface area contributed by atoms with E-state index >= 15 is 0 Å². The Bertz CT molecular complexity index is 739. The molecule has 26 heavy (non-hydrogen) atoms. The topological polar surface area (TPSA) is 108 Å². The summed E-state index contributed by atoms with van der Waals surface area (Å²) in [5.74, 6) is -3.15. The molecule has 0 amide bonds. The van der Waals surface area contributed by atoms with Gasteiger partial charge in [0, 0.05) is 11.7 Å². The largest absolute Gasteiger partial charge is 0.496 e. The van der Waals surface area contributed by atoms with Gasteiger partial charge in [-0.3, -0.25) is 14.6 Å². The molecule has 1 aromatic rings. The van der Waals surface area contributed by atoms with Gasteiger partial charge in [0.15, 0.2) is 5.92 Å². The lowest BCUT2D eigenvalue weighted by Crippen LogP contribution is -2.41. The lowest BCUT2D eigenvalue weighted by atomic mass is 9.79. The van der Waals surface area contributed by atoms with Crippen molar-refractivity contribution in [3.8, 4) is 6.07 Å². The summed E-state index contributed by atoms with van der Waals surface area (Å²) in [6, 6.07) is 3.44. The van der Waals surface area contributed by atoms with Crippen molar-refractivity contribution in [1.29, 1.82) is 5.26 Å². The molecule has 138 valence electrons. The number of nitriles is 1. The highest BCUT2D eigenvalue weighted by Crippen LogP contribution is 2.36. The van der Waals surface area contributed by atoms with Gasteiger partial charge in [-0.1, -0.05) is 0 Å². The second-order valence-corrected chi connectivity index (χ2v) is 6.88. The predicted octanol–water partition coefficient (Wildman–Crippen LogP) is 0.682. The fourth-order valence-corrected chi connectivity index (χ4v) is 2.47. The molecule has 1 aromatic heterocycles. The van der Waals surface area contributed by atoms with E-state index in [0.717, 1.165) is 14.2 Å². The first kappa shape index (κ1) is 19.9. The van der Waals surface area contributed by atoms with Crippen LogP contribution in [0.4, 0.5) is 0 Å². The lowest BCUT2D eigenvalue weighted by Gasteiger charge is -2.32. The Balaban J connectivity index is 2.44. The number of esters is 2. The molecular formula is C17H21BN2O6. The third-order valence-electron chi connectivity index (χ3n) is 4.73. The van der Waals surface area contributed by atoms with E-state index < -0.39 is 36.2 Å². The average Bonchev–Trinajstić information content (AvgIpc) is 2.82. The standard InChI is InChI=1S/C17H21BN2O6/c1-16(2)17(3,4)26-18(25-16)11-7-10(8-19)13(20-9-11)12(14(21)23-5)15(22)24-6/h7,9,12H,1-6H3. The fraction of sp³-hybridized carbons (Fsp3) is 0.529. The van der Waals surface area contributed by atoms with Crippen LogP contribution in [0.3, 0.4) is 0 Å². The van der Waals surface area contributed by atoms with Crippen LogP contribution in [-0.2, 0) is 28.4 Å². The Labute approximate surface area is 152 Å². The number of hydrogen-bond donors (Lipinski definition) is 0. The van der Waals surface area contributed by atoms with Crippen LogP contribution < -0.4 is 5.46 Å². The van der Waals surface area contributed by atoms with Crippen LogP contribution in [0.15, 0.2) is 12.3 Å². The third kappa shape index (κ3) is 3.43. The molecule has 2 rings (SSSR count). The molecule has 2 heterocycles. The van der Waals surface area contributed by atoms with Crippen molar-refractivity contribution < 1.29 is 28.4 Å². The normalized spacial score (nSPS) is 17.7. The van der Waals surface area contributed by atoms with Gasteiger partial charge < -0.3 is 18.8 Å². The number of ether oxygens (including phenoxy) is 2. The molecule has 1 fully saturated rings. The fourth-order valence-electron chi connectivity index (χ4n) is 2.47. The summed E-state index contributed by atoms with van der Waals surface area (Å²) in [6.07, 6.45) is 1.41. The first-order valence-corrected chi connectivity index (χ1v) is 7.99. The first-order chi connectivity index (χ1) is 12.1. The summed E-state index contributed by atoms with van der Waals surface area (Å²) in [6.45, 7) is 7.63. The number of pyridine rings is 1. The summed E-state index contributed by atoms with van der Waals surface area (Å²) < 4.78 is 21.1. The second-order valence-electron chi connectivity index (χ2n) is 6.88. The molecule has 1 saturated heterocycles. The molecule has 0 radical (unpaired) electrons. The smallest absolute Gasteiger partial charge is 0.468 e. The minimum Gasteiger partial charge on any atom is -0.468 e. The summed E-state index contributed by atoms with van der Waals surface area (Å²) >= 11 is 0. The lowest BCUT2D eigenvalue weighted by molar-refractivity contribution is -0.154. The van der Waals surface area contributed by atoms with Crippen molar-refractivity contribution in [1.82, 2.24) is 4.98 Å². The quantitative estimate of drug-likeness (QED) is 0.438. The molecule has 9 heteroatoms. The Morgan fingerprint density at radius 3 is 2.08 bits per heavy atom. The molecule has 0 aromatic carbocycles. The Morgan fingerprint density at radius 2 is 1.65 bits per heavy atom. The highest BCUT2D eigenvalue weighted by Gasteiger charge is 2.52. The maximum atomic E-state index is 12.0. The van der Waals surface area contributed by atoms with Crippen molar-refractivity contribution in [3.63, 3.8) is 0 Å². The molecule has 8 nitrogen and oxygen atoms in total.